The molecule has 1 N–H and O–H groups in total. The molecule has 1 saturated carbocycles. The topological polar surface area (TPSA) is 114 Å². The quantitative estimate of drug-likeness (QED) is 0.232. The fourth-order valence-electron chi connectivity index (χ4n) is 4.69. The minimum absolute atomic E-state index is 0.268. The number of allylic oxidation sites excluding steroid dienone is 4. The second kappa shape index (κ2) is 17.2. The Morgan fingerprint density at radius 3 is 1.61 bits per heavy atom. The van der Waals surface area contributed by atoms with E-state index in [0.29, 0.717) is 46.6 Å². The van der Waals surface area contributed by atoms with Gasteiger partial charge in [-0.05, 0) is 54.7 Å². The normalized spacial score (nSPS) is 16.1. The molecule has 1 atom stereocenters. The summed E-state index contributed by atoms with van der Waals surface area (Å²) in [5, 5.41) is 2.97. The van der Waals surface area contributed by atoms with E-state index in [4.69, 9.17) is 28.4 Å². The molecule has 0 unspecified atom stereocenters. The molecule has 1 aliphatic rings. The van der Waals surface area contributed by atoms with Crippen LogP contribution in [0.15, 0.2) is 65.7 Å². The standard InChI is InChI=1S/C34H40N2O8/c1-39-27-19-23(20-28(40-2)33(27)43-5)13-7-11-17-31(37)35-25-15-9-10-16-26(25)36-32(38)18-12-8-14-24-21-29(41-3)34(44-6)30(22-24)42-4/h7-8,11-14,17-22,25H,9-10,15-16H2,1-6H3,(H,35,37)/b13-7+,14-8+,17-11+,18-12+,36-26?/t25-/m0/s1. The second-order valence-electron chi connectivity index (χ2n) is 9.60. The van der Waals surface area contributed by atoms with Gasteiger partial charge >= 0.3 is 0 Å². The average Bonchev–Trinajstić information content (AvgIpc) is 3.04. The van der Waals surface area contributed by atoms with Crippen LogP contribution in [0.4, 0.5) is 0 Å². The van der Waals surface area contributed by atoms with Gasteiger partial charge in [-0.15, -0.1) is 0 Å². The molecule has 3 rings (SSSR count). The molecule has 10 nitrogen and oxygen atoms in total. The Kier molecular flexibility index (Phi) is 13.1. The van der Waals surface area contributed by atoms with Gasteiger partial charge in [-0.3, -0.25) is 9.59 Å². The molecule has 0 radical (unpaired) electrons. The van der Waals surface area contributed by atoms with E-state index >= 15 is 0 Å². The number of aliphatic imine (C=N–C) groups is 1. The third kappa shape index (κ3) is 9.26. The van der Waals surface area contributed by atoms with Gasteiger partial charge in [-0.1, -0.05) is 42.9 Å². The summed E-state index contributed by atoms with van der Waals surface area (Å²) in [6.45, 7) is 0. The number of carbonyl (C=O) groups excluding carboxylic acids is 2. The maximum atomic E-state index is 12.6. The van der Waals surface area contributed by atoms with Gasteiger partial charge in [0.25, 0.3) is 5.91 Å². The molecule has 0 aromatic heterocycles. The Balaban J connectivity index is 1.61. The lowest BCUT2D eigenvalue weighted by Crippen LogP contribution is -2.42. The summed E-state index contributed by atoms with van der Waals surface area (Å²) in [5.41, 5.74) is 2.30. The Morgan fingerprint density at radius 2 is 1.16 bits per heavy atom. The summed E-state index contributed by atoms with van der Waals surface area (Å²) >= 11 is 0. The van der Waals surface area contributed by atoms with Crippen LogP contribution in [0.1, 0.15) is 36.8 Å². The summed E-state index contributed by atoms with van der Waals surface area (Å²) in [5.74, 6) is 2.50. The van der Waals surface area contributed by atoms with E-state index in [9.17, 15) is 9.59 Å². The van der Waals surface area contributed by atoms with Gasteiger partial charge in [-0.2, -0.15) is 0 Å². The highest BCUT2D eigenvalue weighted by molar-refractivity contribution is 6.04. The largest absolute Gasteiger partial charge is 0.493 e. The number of rotatable bonds is 13. The van der Waals surface area contributed by atoms with Crippen LogP contribution in [0.25, 0.3) is 12.2 Å². The zero-order chi connectivity index (χ0) is 31.9. The molecule has 2 aromatic carbocycles. The van der Waals surface area contributed by atoms with Gasteiger partial charge in [0.2, 0.25) is 17.4 Å². The first-order valence-electron chi connectivity index (χ1n) is 14.1. The van der Waals surface area contributed by atoms with E-state index in [1.165, 1.54) is 12.2 Å². The summed E-state index contributed by atoms with van der Waals surface area (Å²) in [6.07, 6.45) is 16.4. The first-order chi connectivity index (χ1) is 21.4. The third-order valence-electron chi connectivity index (χ3n) is 6.81. The van der Waals surface area contributed by atoms with Gasteiger partial charge in [0, 0.05) is 17.9 Å². The highest BCUT2D eigenvalue weighted by atomic mass is 16.5. The monoisotopic (exact) mass is 604 g/mol. The molecule has 0 spiro atoms. The van der Waals surface area contributed by atoms with Crippen LogP contribution in [0.3, 0.4) is 0 Å². The predicted molar refractivity (Wildman–Crippen MR) is 171 cm³/mol. The lowest BCUT2D eigenvalue weighted by molar-refractivity contribution is -0.117. The van der Waals surface area contributed by atoms with E-state index in [2.05, 4.69) is 10.3 Å². The number of hydrogen-bond donors (Lipinski definition) is 1. The van der Waals surface area contributed by atoms with Crippen LogP contribution >= 0.6 is 0 Å². The van der Waals surface area contributed by atoms with E-state index in [1.54, 1.807) is 79.1 Å². The van der Waals surface area contributed by atoms with Crippen molar-refractivity contribution in [2.24, 2.45) is 4.99 Å². The van der Waals surface area contributed by atoms with Crippen molar-refractivity contribution >= 4 is 29.7 Å². The van der Waals surface area contributed by atoms with Gasteiger partial charge in [0.15, 0.2) is 23.0 Å². The number of methoxy groups -OCH3 is 6. The fourth-order valence-corrected chi connectivity index (χ4v) is 4.69. The van der Waals surface area contributed by atoms with Crippen LogP contribution < -0.4 is 33.7 Å². The Hall–Kier alpha value is -4.99. The second-order valence-corrected chi connectivity index (χ2v) is 9.60. The fraction of sp³-hybridized carbons (Fsp3) is 0.324. The molecule has 10 heteroatoms. The Bertz CT molecular complexity index is 1410. The van der Waals surface area contributed by atoms with Crippen LogP contribution in [-0.4, -0.2) is 66.2 Å². The molecule has 234 valence electrons. The van der Waals surface area contributed by atoms with Gasteiger partial charge in [-0.25, -0.2) is 4.99 Å². The van der Waals surface area contributed by atoms with E-state index < -0.39 is 0 Å². The third-order valence-corrected chi connectivity index (χ3v) is 6.81. The number of benzene rings is 2. The Labute approximate surface area is 258 Å². The molecule has 1 aliphatic carbocycles. The van der Waals surface area contributed by atoms with Crippen molar-refractivity contribution in [2.75, 3.05) is 42.7 Å². The van der Waals surface area contributed by atoms with Gasteiger partial charge in [0.05, 0.1) is 48.7 Å². The molecule has 0 aliphatic heterocycles. The number of nitrogens with one attached hydrogen (secondary N) is 1. The zero-order valence-electron chi connectivity index (χ0n) is 26.0. The number of ether oxygens (including phenoxy) is 6. The highest BCUT2D eigenvalue weighted by Gasteiger charge is 2.22. The van der Waals surface area contributed by atoms with Crippen molar-refractivity contribution in [1.82, 2.24) is 5.32 Å². The lowest BCUT2D eigenvalue weighted by Gasteiger charge is -2.24. The number of amides is 2. The first kappa shape index (κ1) is 33.5. The molecular weight excluding hydrogens is 564 g/mol. The SMILES string of the molecule is COc1cc(/C=C/C=C/C(=O)N=C2CCCC[C@@H]2NC(=O)/C=C/C=C/c2cc(OC)c(OC)c(OC)c2)cc(OC)c1OC. The molecule has 2 amide bonds. The summed E-state index contributed by atoms with van der Waals surface area (Å²) < 4.78 is 32.2. The molecule has 0 saturated heterocycles. The van der Waals surface area contributed by atoms with Crippen molar-refractivity contribution in [1.29, 1.82) is 0 Å². The minimum Gasteiger partial charge on any atom is -0.493 e. The Morgan fingerprint density at radius 1 is 0.682 bits per heavy atom. The molecule has 2 aromatic rings. The van der Waals surface area contributed by atoms with Crippen molar-refractivity contribution < 1.29 is 38.0 Å². The van der Waals surface area contributed by atoms with Crippen molar-refractivity contribution in [3.8, 4) is 34.5 Å². The maximum absolute atomic E-state index is 12.6. The van der Waals surface area contributed by atoms with Gasteiger partial charge in [0.1, 0.15) is 0 Å². The van der Waals surface area contributed by atoms with Crippen LogP contribution in [0, 0.1) is 0 Å². The van der Waals surface area contributed by atoms with E-state index in [0.717, 1.165) is 30.4 Å². The molecule has 44 heavy (non-hydrogen) atoms. The summed E-state index contributed by atoms with van der Waals surface area (Å²) in [4.78, 5) is 29.5. The number of carbonyl (C=O) groups is 2. The smallest absolute Gasteiger partial charge is 0.269 e. The van der Waals surface area contributed by atoms with Crippen LogP contribution in [-0.2, 0) is 9.59 Å². The molecule has 1 fully saturated rings. The van der Waals surface area contributed by atoms with Gasteiger partial charge < -0.3 is 33.7 Å². The minimum atomic E-state index is -0.389. The predicted octanol–water partition coefficient (Wildman–Crippen LogP) is 5.60. The maximum Gasteiger partial charge on any atom is 0.269 e. The average molecular weight is 605 g/mol. The summed E-state index contributed by atoms with van der Waals surface area (Å²) in [7, 11) is 9.30. The lowest BCUT2D eigenvalue weighted by atomic mass is 9.93. The molecule has 0 heterocycles. The van der Waals surface area contributed by atoms with Crippen molar-refractivity contribution in [3.05, 3.63) is 71.8 Å². The van der Waals surface area contributed by atoms with E-state index in [-0.39, 0.29) is 17.9 Å². The summed E-state index contributed by atoms with van der Waals surface area (Å²) in [6, 6.07) is 6.93. The molecular formula is C34H40N2O8. The van der Waals surface area contributed by atoms with Crippen LogP contribution in [0.5, 0.6) is 34.5 Å². The van der Waals surface area contributed by atoms with Crippen molar-refractivity contribution in [2.45, 2.75) is 31.7 Å². The van der Waals surface area contributed by atoms with Crippen LogP contribution in [0.2, 0.25) is 0 Å². The van der Waals surface area contributed by atoms with Crippen molar-refractivity contribution in [3.63, 3.8) is 0 Å². The van der Waals surface area contributed by atoms with E-state index in [1.807, 2.05) is 24.3 Å². The number of nitrogens with zero attached hydrogens (tertiary/aromatic N) is 1. The number of hydrogen-bond acceptors (Lipinski definition) is 8. The first-order valence-corrected chi connectivity index (χ1v) is 14.1. The zero-order valence-corrected chi connectivity index (χ0v) is 26.0. The highest BCUT2D eigenvalue weighted by Crippen LogP contribution is 2.39. The molecule has 0 bridgehead atoms.